The van der Waals surface area contributed by atoms with Crippen molar-refractivity contribution < 1.29 is 23.1 Å². The second-order valence-electron chi connectivity index (χ2n) is 7.71. The maximum Gasteiger partial charge on any atom is 0.471 e. The van der Waals surface area contributed by atoms with Crippen LogP contribution in [0, 0.1) is 0 Å². The highest BCUT2D eigenvalue weighted by Gasteiger charge is 2.39. The number of halogens is 3. The number of hydrogen-bond donors (Lipinski definition) is 2. The molecule has 3 nitrogen and oxygen atoms in total. The minimum atomic E-state index is -4.90. The van der Waals surface area contributed by atoms with Gasteiger partial charge in [-0.05, 0) is 13.3 Å². The molecular formula is C21H40F3NO2. The normalized spacial score (nSPS) is 14.1. The lowest BCUT2D eigenvalue weighted by Gasteiger charge is -2.20. The zero-order chi connectivity index (χ0) is 20.5. The van der Waals surface area contributed by atoms with Crippen molar-refractivity contribution in [1.29, 1.82) is 0 Å². The summed E-state index contributed by atoms with van der Waals surface area (Å²) >= 11 is 0. The Kier molecular flexibility index (Phi) is 15.7. The van der Waals surface area contributed by atoms with Gasteiger partial charge in [-0.15, -0.1) is 0 Å². The molecule has 0 aliphatic rings. The van der Waals surface area contributed by atoms with Crippen molar-refractivity contribution in [3.63, 3.8) is 0 Å². The van der Waals surface area contributed by atoms with E-state index in [1.54, 1.807) is 5.32 Å². The van der Waals surface area contributed by atoms with E-state index < -0.39 is 24.2 Å². The molecule has 27 heavy (non-hydrogen) atoms. The van der Waals surface area contributed by atoms with Crippen LogP contribution >= 0.6 is 0 Å². The molecule has 0 spiro atoms. The molecule has 0 aromatic carbocycles. The Morgan fingerprint density at radius 1 is 0.815 bits per heavy atom. The summed E-state index contributed by atoms with van der Waals surface area (Å²) in [6.07, 6.45) is 11.8. The number of aliphatic hydroxyl groups excluding tert-OH is 1. The monoisotopic (exact) mass is 395 g/mol. The first kappa shape index (κ1) is 26.2. The Bertz CT molecular complexity index is 362. The molecule has 162 valence electrons. The number of nitrogens with one attached hydrogen (secondary N) is 1. The number of carbonyl (C=O) groups excluding carboxylic acids is 1. The summed E-state index contributed by atoms with van der Waals surface area (Å²) in [6.45, 7) is 3.64. The van der Waals surface area contributed by atoms with Crippen LogP contribution in [0.2, 0.25) is 0 Å². The molecule has 0 bridgehead atoms. The van der Waals surface area contributed by atoms with Crippen molar-refractivity contribution in [2.45, 2.75) is 128 Å². The molecule has 0 fully saturated rings. The van der Waals surface area contributed by atoms with Crippen molar-refractivity contribution in [2.75, 3.05) is 0 Å². The van der Waals surface area contributed by atoms with Gasteiger partial charge < -0.3 is 10.4 Å². The lowest BCUT2D eigenvalue weighted by Crippen LogP contribution is -2.46. The van der Waals surface area contributed by atoms with Gasteiger partial charge in [0.25, 0.3) is 0 Å². The fourth-order valence-electron chi connectivity index (χ4n) is 3.18. The van der Waals surface area contributed by atoms with Crippen LogP contribution < -0.4 is 5.32 Å². The predicted octanol–water partition coefficient (Wildman–Crippen LogP) is 6.29. The van der Waals surface area contributed by atoms with Crippen LogP contribution in [0.3, 0.4) is 0 Å². The predicted molar refractivity (Wildman–Crippen MR) is 105 cm³/mol. The van der Waals surface area contributed by atoms with Crippen molar-refractivity contribution in [3.05, 3.63) is 0 Å². The highest BCUT2D eigenvalue weighted by molar-refractivity contribution is 5.81. The maximum absolute atomic E-state index is 12.2. The Morgan fingerprint density at radius 2 is 1.19 bits per heavy atom. The summed E-state index contributed by atoms with van der Waals surface area (Å²) in [5.74, 6) is -1.99. The summed E-state index contributed by atoms with van der Waals surface area (Å²) in [5.41, 5.74) is 0. The van der Waals surface area contributed by atoms with Gasteiger partial charge in [-0.1, -0.05) is 96.8 Å². The second kappa shape index (κ2) is 16.2. The number of aliphatic hydroxyl groups is 1. The van der Waals surface area contributed by atoms with Gasteiger partial charge in [-0.3, -0.25) is 4.79 Å². The van der Waals surface area contributed by atoms with Crippen LogP contribution in [-0.4, -0.2) is 29.3 Å². The summed E-state index contributed by atoms with van der Waals surface area (Å²) in [4.78, 5) is 10.8. The fraction of sp³-hybridized carbons (Fsp3) is 0.952. The SMILES string of the molecule is CCCCCCCCCCCCCCCCC(O)C(C)NC(=O)C(F)(F)F. The topological polar surface area (TPSA) is 49.3 Å². The lowest BCUT2D eigenvalue weighted by molar-refractivity contribution is -0.175. The summed E-state index contributed by atoms with van der Waals surface area (Å²) in [5, 5.41) is 11.6. The van der Waals surface area contributed by atoms with E-state index in [9.17, 15) is 23.1 Å². The summed E-state index contributed by atoms with van der Waals surface area (Å²) < 4.78 is 36.5. The van der Waals surface area contributed by atoms with Gasteiger partial charge in [0, 0.05) is 0 Å². The molecule has 2 atom stereocenters. The molecule has 0 rings (SSSR count). The van der Waals surface area contributed by atoms with Crippen molar-refractivity contribution in [1.82, 2.24) is 5.32 Å². The Labute approximate surface area is 163 Å². The first-order valence-electron chi connectivity index (χ1n) is 10.8. The van der Waals surface area contributed by atoms with E-state index in [4.69, 9.17) is 0 Å². The molecule has 0 aromatic rings. The van der Waals surface area contributed by atoms with E-state index in [1.807, 2.05) is 0 Å². The third kappa shape index (κ3) is 15.9. The molecule has 0 aromatic heterocycles. The van der Waals surface area contributed by atoms with Gasteiger partial charge in [0.05, 0.1) is 12.1 Å². The highest BCUT2D eigenvalue weighted by atomic mass is 19.4. The maximum atomic E-state index is 12.2. The molecule has 0 saturated carbocycles. The zero-order valence-electron chi connectivity index (χ0n) is 17.3. The van der Waals surface area contributed by atoms with E-state index in [1.165, 1.54) is 77.6 Å². The third-order valence-corrected chi connectivity index (χ3v) is 5.05. The molecule has 0 heterocycles. The van der Waals surface area contributed by atoms with Gasteiger partial charge in [-0.25, -0.2) is 0 Å². The number of hydrogen-bond acceptors (Lipinski definition) is 2. The quantitative estimate of drug-likeness (QED) is 0.285. The fourth-order valence-corrected chi connectivity index (χ4v) is 3.18. The number of alkyl halides is 3. The van der Waals surface area contributed by atoms with Crippen LogP contribution in [0.5, 0.6) is 0 Å². The number of unbranched alkanes of at least 4 members (excludes halogenated alkanes) is 13. The number of carbonyl (C=O) groups is 1. The summed E-state index contributed by atoms with van der Waals surface area (Å²) in [6, 6.07) is -0.888. The zero-order valence-corrected chi connectivity index (χ0v) is 17.3. The van der Waals surface area contributed by atoms with Gasteiger partial charge in [-0.2, -0.15) is 13.2 Å². The van der Waals surface area contributed by atoms with Gasteiger partial charge >= 0.3 is 12.1 Å². The minimum absolute atomic E-state index is 0.414. The van der Waals surface area contributed by atoms with E-state index in [-0.39, 0.29) is 0 Å². The first-order chi connectivity index (χ1) is 12.8. The van der Waals surface area contributed by atoms with E-state index >= 15 is 0 Å². The van der Waals surface area contributed by atoms with Crippen molar-refractivity contribution in [3.8, 4) is 0 Å². The summed E-state index contributed by atoms with van der Waals surface area (Å²) in [7, 11) is 0. The standard InChI is InChI=1S/C21H40F3NO2/c1-3-4-5-6-7-8-9-10-11-12-13-14-15-16-17-19(26)18(2)25-20(27)21(22,23)24/h18-19,26H,3-17H2,1-2H3,(H,25,27). The van der Waals surface area contributed by atoms with Crippen LogP contribution in [0.1, 0.15) is 110 Å². The van der Waals surface area contributed by atoms with E-state index in [0.717, 1.165) is 19.3 Å². The van der Waals surface area contributed by atoms with E-state index in [0.29, 0.717) is 6.42 Å². The third-order valence-electron chi connectivity index (χ3n) is 5.05. The number of rotatable bonds is 17. The van der Waals surface area contributed by atoms with E-state index in [2.05, 4.69) is 6.92 Å². The molecule has 1 amide bonds. The van der Waals surface area contributed by atoms with Crippen LogP contribution in [0.4, 0.5) is 13.2 Å². The van der Waals surface area contributed by atoms with Crippen molar-refractivity contribution >= 4 is 5.91 Å². The van der Waals surface area contributed by atoms with Crippen LogP contribution in [0.15, 0.2) is 0 Å². The average Bonchev–Trinajstić information content (AvgIpc) is 2.60. The Hall–Kier alpha value is -0.780. The largest absolute Gasteiger partial charge is 0.471 e. The van der Waals surface area contributed by atoms with Crippen LogP contribution in [0.25, 0.3) is 0 Å². The highest BCUT2D eigenvalue weighted by Crippen LogP contribution is 2.16. The molecule has 0 radical (unpaired) electrons. The second-order valence-corrected chi connectivity index (χ2v) is 7.71. The number of amides is 1. The molecule has 2 N–H and O–H groups in total. The Balaban J connectivity index is 3.42. The smallest absolute Gasteiger partial charge is 0.391 e. The minimum Gasteiger partial charge on any atom is -0.391 e. The van der Waals surface area contributed by atoms with Crippen molar-refractivity contribution in [2.24, 2.45) is 0 Å². The van der Waals surface area contributed by atoms with Gasteiger partial charge in [0.1, 0.15) is 0 Å². The van der Waals surface area contributed by atoms with Gasteiger partial charge in [0.2, 0.25) is 0 Å². The van der Waals surface area contributed by atoms with Gasteiger partial charge in [0.15, 0.2) is 0 Å². The first-order valence-corrected chi connectivity index (χ1v) is 10.8. The molecule has 2 unspecified atom stereocenters. The molecule has 0 saturated heterocycles. The molecular weight excluding hydrogens is 355 g/mol. The molecule has 0 aliphatic carbocycles. The lowest BCUT2D eigenvalue weighted by atomic mass is 10.0. The Morgan fingerprint density at radius 3 is 1.56 bits per heavy atom. The molecule has 0 aliphatic heterocycles. The van der Waals surface area contributed by atoms with Crippen LogP contribution in [-0.2, 0) is 4.79 Å². The molecule has 6 heteroatoms. The average molecular weight is 396 g/mol.